The number of nitrogens with one attached hydrogen (secondary N) is 3. The van der Waals surface area contributed by atoms with Gasteiger partial charge >= 0.3 is 0 Å². The number of H-pyrrole nitrogens is 1. The van der Waals surface area contributed by atoms with Gasteiger partial charge in [0.15, 0.2) is 6.54 Å². The van der Waals surface area contributed by atoms with E-state index in [4.69, 9.17) is 9.72 Å². The monoisotopic (exact) mass is 365 g/mol. The van der Waals surface area contributed by atoms with Gasteiger partial charge in [-0.2, -0.15) is 0 Å². The molecule has 2 atom stereocenters. The highest BCUT2D eigenvalue weighted by Gasteiger charge is 2.28. The molecule has 6 nitrogen and oxygen atoms in total. The Morgan fingerprint density at radius 1 is 1.26 bits per heavy atom. The highest BCUT2D eigenvalue weighted by molar-refractivity contribution is 5.91. The van der Waals surface area contributed by atoms with Crippen molar-refractivity contribution in [1.82, 2.24) is 9.97 Å². The van der Waals surface area contributed by atoms with Crippen molar-refractivity contribution in [2.75, 3.05) is 32.1 Å². The molecule has 140 valence electrons. The van der Waals surface area contributed by atoms with E-state index in [9.17, 15) is 4.79 Å². The lowest BCUT2D eigenvalue weighted by atomic mass is 9.97. The van der Waals surface area contributed by atoms with Gasteiger partial charge in [-0.05, 0) is 49.2 Å². The molecule has 6 heteroatoms. The number of rotatable bonds is 5. The molecule has 27 heavy (non-hydrogen) atoms. The average Bonchev–Trinajstić information content (AvgIpc) is 3.13. The third-order valence-corrected chi connectivity index (χ3v) is 5.20. The summed E-state index contributed by atoms with van der Waals surface area (Å²) in [5, 5.41) is 2.98. The molecule has 2 heterocycles. The number of aromatic amines is 1. The molecule has 0 aliphatic carbocycles. The first-order valence-corrected chi connectivity index (χ1v) is 9.43. The summed E-state index contributed by atoms with van der Waals surface area (Å²) in [6.45, 7) is 2.42. The number of hydrogen-bond donors (Lipinski definition) is 3. The number of imidazole rings is 1. The molecule has 2 aromatic carbocycles. The molecule has 0 saturated carbocycles. The van der Waals surface area contributed by atoms with E-state index in [0.717, 1.165) is 54.2 Å². The average molecular weight is 365 g/mol. The van der Waals surface area contributed by atoms with Crippen LogP contribution in [0, 0.1) is 0 Å². The highest BCUT2D eigenvalue weighted by atomic mass is 16.5. The largest absolute Gasteiger partial charge is 0.497 e. The van der Waals surface area contributed by atoms with Crippen LogP contribution in [0.4, 0.5) is 5.69 Å². The lowest BCUT2D eigenvalue weighted by molar-refractivity contribution is -0.898. The number of amides is 1. The number of fused-ring (bicyclic) bond motifs is 1. The van der Waals surface area contributed by atoms with Crippen molar-refractivity contribution in [3.8, 4) is 5.75 Å². The maximum atomic E-state index is 12.4. The Balaban J connectivity index is 1.36. The number of benzene rings is 2. The Bertz CT molecular complexity index is 886. The number of carbonyl (C=O) groups is 1. The van der Waals surface area contributed by atoms with Crippen molar-refractivity contribution in [3.05, 3.63) is 54.4 Å². The fourth-order valence-electron chi connectivity index (χ4n) is 3.82. The van der Waals surface area contributed by atoms with Gasteiger partial charge in [0.1, 0.15) is 11.6 Å². The zero-order chi connectivity index (χ0) is 18.6. The zero-order valence-electron chi connectivity index (χ0n) is 15.5. The van der Waals surface area contributed by atoms with Crippen LogP contribution in [0.2, 0.25) is 0 Å². The number of para-hydroxylation sites is 2. The second-order valence-electron chi connectivity index (χ2n) is 7.14. The number of ether oxygens (including phenoxy) is 1. The number of quaternary nitrogens is 1. The molecule has 1 aliphatic heterocycles. The van der Waals surface area contributed by atoms with Gasteiger partial charge in [-0.25, -0.2) is 4.98 Å². The first-order chi connectivity index (χ1) is 13.2. The van der Waals surface area contributed by atoms with Gasteiger partial charge in [0.25, 0.3) is 5.91 Å². The highest BCUT2D eigenvalue weighted by Crippen LogP contribution is 2.22. The Morgan fingerprint density at radius 2 is 2.07 bits per heavy atom. The fraction of sp³-hybridized carbons (Fsp3) is 0.333. The maximum Gasteiger partial charge on any atom is 0.279 e. The maximum absolute atomic E-state index is 12.4. The van der Waals surface area contributed by atoms with Crippen LogP contribution in [0.25, 0.3) is 11.0 Å². The SMILES string of the molecule is COc1ccc(NC(=O)C[NH+]2CCC[C@@H](c3nc4ccccc4[nH]3)C2)cc1. The molecule has 1 saturated heterocycles. The van der Waals surface area contributed by atoms with Crippen LogP contribution in [-0.2, 0) is 4.79 Å². The third kappa shape index (κ3) is 4.11. The summed E-state index contributed by atoms with van der Waals surface area (Å²) in [6, 6.07) is 15.5. The first-order valence-electron chi connectivity index (χ1n) is 9.43. The first kappa shape index (κ1) is 17.5. The number of likely N-dealkylation sites (tertiary alicyclic amines) is 1. The van der Waals surface area contributed by atoms with Crippen LogP contribution in [0.3, 0.4) is 0 Å². The van der Waals surface area contributed by atoms with Crippen molar-refractivity contribution in [2.24, 2.45) is 0 Å². The minimum Gasteiger partial charge on any atom is -0.497 e. The smallest absolute Gasteiger partial charge is 0.279 e. The minimum atomic E-state index is 0.0421. The van der Waals surface area contributed by atoms with Gasteiger partial charge in [0.2, 0.25) is 0 Å². The number of hydrogen-bond acceptors (Lipinski definition) is 3. The topological polar surface area (TPSA) is 71.4 Å². The molecular formula is C21H25N4O2+. The molecule has 1 unspecified atom stereocenters. The van der Waals surface area contributed by atoms with Gasteiger partial charge < -0.3 is 19.9 Å². The molecule has 4 rings (SSSR count). The molecule has 0 radical (unpaired) electrons. The number of anilines is 1. The predicted octanol–water partition coefficient (Wildman–Crippen LogP) is 1.97. The fourth-order valence-corrected chi connectivity index (χ4v) is 3.82. The number of methoxy groups -OCH3 is 1. The van der Waals surface area contributed by atoms with Gasteiger partial charge in [-0.1, -0.05) is 12.1 Å². The normalized spacial score (nSPS) is 19.7. The summed E-state index contributed by atoms with van der Waals surface area (Å²) in [5.41, 5.74) is 2.89. The number of carbonyl (C=O) groups excluding carboxylic acids is 1. The van der Waals surface area contributed by atoms with Crippen LogP contribution in [0.15, 0.2) is 48.5 Å². The second kappa shape index (κ2) is 7.80. The van der Waals surface area contributed by atoms with Crippen LogP contribution in [-0.4, -0.2) is 42.6 Å². The number of piperidine rings is 1. The Kier molecular flexibility index (Phi) is 5.07. The summed E-state index contributed by atoms with van der Waals surface area (Å²) >= 11 is 0. The van der Waals surface area contributed by atoms with Crippen molar-refractivity contribution >= 4 is 22.6 Å². The van der Waals surface area contributed by atoms with E-state index in [1.807, 2.05) is 42.5 Å². The zero-order valence-corrected chi connectivity index (χ0v) is 15.5. The summed E-state index contributed by atoms with van der Waals surface area (Å²) < 4.78 is 5.15. The van der Waals surface area contributed by atoms with Gasteiger partial charge in [-0.3, -0.25) is 4.79 Å². The Labute approximate surface area is 158 Å². The number of aromatic nitrogens is 2. The third-order valence-electron chi connectivity index (χ3n) is 5.20. The van der Waals surface area contributed by atoms with Crippen LogP contribution in [0.5, 0.6) is 5.75 Å². The van der Waals surface area contributed by atoms with E-state index in [-0.39, 0.29) is 5.91 Å². The molecule has 0 bridgehead atoms. The molecule has 1 aliphatic rings. The lowest BCUT2D eigenvalue weighted by Crippen LogP contribution is -3.14. The van der Waals surface area contributed by atoms with Crippen molar-refractivity contribution in [1.29, 1.82) is 0 Å². The van der Waals surface area contributed by atoms with Crippen molar-refractivity contribution in [3.63, 3.8) is 0 Å². The Hall–Kier alpha value is -2.86. The predicted molar refractivity (Wildman–Crippen MR) is 105 cm³/mol. The van der Waals surface area contributed by atoms with Gasteiger partial charge in [0, 0.05) is 5.69 Å². The number of nitrogens with zero attached hydrogens (tertiary/aromatic N) is 1. The quantitative estimate of drug-likeness (QED) is 0.647. The molecular weight excluding hydrogens is 340 g/mol. The van der Waals surface area contributed by atoms with Gasteiger partial charge in [0.05, 0.1) is 37.2 Å². The van der Waals surface area contributed by atoms with Crippen LogP contribution < -0.4 is 15.0 Å². The second-order valence-corrected chi connectivity index (χ2v) is 7.14. The summed E-state index contributed by atoms with van der Waals surface area (Å²) in [6.07, 6.45) is 2.22. The standard InChI is InChI=1S/C21H24N4O2/c1-27-17-10-8-16(9-11-17)22-20(26)14-25-12-4-5-15(13-25)21-23-18-6-2-3-7-19(18)24-21/h2-3,6-11,15H,4-5,12-14H2,1H3,(H,22,26)(H,23,24)/p+1/t15-/m1/s1. The van der Waals surface area contributed by atoms with E-state index >= 15 is 0 Å². The summed E-state index contributed by atoms with van der Waals surface area (Å²) in [5.74, 6) is 2.24. The van der Waals surface area contributed by atoms with Crippen LogP contribution in [0.1, 0.15) is 24.6 Å². The molecule has 3 N–H and O–H groups in total. The van der Waals surface area contributed by atoms with Crippen LogP contribution >= 0.6 is 0 Å². The van der Waals surface area contributed by atoms with Crippen molar-refractivity contribution < 1.29 is 14.4 Å². The molecule has 1 fully saturated rings. The van der Waals surface area contributed by atoms with E-state index in [1.54, 1.807) is 7.11 Å². The summed E-state index contributed by atoms with van der Waals surface area (Å²) in [4.78, 5) is 21.9. The Morgan fingerprint density at radius 3 is 2.85 bits per heavy atom. The molecule has 1 amide bonds. The van der Waals surface area contributed by atoms with E-state index in [2.05, 4.69) is 16.4 Å². The van der Waals surface area contributed by atoms with E-state index in [0.29, 0.717) is 12.5 Å². The van der Waals surface area contributed by atoms with E-state index < -0.39 is 0 Å². The molecule has 0 spiro atoms. The lowest BCUT2D eigenvalue weighted by Gasteiger charge is -2.28. The molecule has 3 aromatic rings. The summed E-state index contributed by atoms with van der Waals surface area (Å²) in [7, 11) is 1.63. The van der Waals surface area contributed by atoms with Gasteiger partial charge in [-0.15, -0.1) is 0 Å². The van der Waals surface area contributed by atoms with E-state index in [1.165, 1.54) is 4.90 Å². The van der Waals surface area contributed by atoms with Crippen molar-refractivity contribution in [2.45, 2.75) is 18.8 Å². The minimum absolute atomic E-state index is 0.0421. The molecule has 1 aromatic heterocycles.